The lowest BCUT2D eigenvalue weighted by atomic mass is 10.1. The SMILES string of the molecule is c1ccc(-c2nc(-c3ccccc3)nc(-c3cccc(-n4c5ccc(-n6c7ccccc7c7c6c(-c6ccccc6)n6ccccc76)cc5c5c4c(-c4ccccc4)n4ccccc54)c3)n2)cc1. The van der Waals surface area contributed by atoms with Crippen molar-refractivity contribution < 1.29 is 0 Å². The molecule has 0 amide bonds. The van der Waals surface area contributed by atoms with E-state index in [1.165, 1.54) is 27.2 Å². The van der Waals surface area contributed by atoms with E-state index >= 15 is 0 Å². The van der Waals surface area contributed by atoms with Crippen LogP contribution in [0.5, 0.6) is 0 Å². The molecule has 0 unspecified atom stereocenters. The number of nitrogens with zero attached hydrogens (tertiary/aromatic N) is 7. The van der Waals surface area contributed by atoms with Crippen LogP contribution in [0.1, 0.15) is 0 Å². The van der Waals surface area contributed by atoms with Crippen LogP contribution >= 0.6 is 0 Å². The molecule has 0 radical (unpaired) electrons. The van der Waals surface area contributed by atoms with Crippen LogP contribution in [0.25, 0.3) is 123 Å². The highest BCUT2D eigenvalue weighted by atomic mass is 15.1. The van der Waals surface area contributed by atoms with E-state index in [1.54, 1.807) is 0 Å². The van der Waals surface area contributed by atoms with E-state index in [9.17, 15) is 0 Å². The van der Waals surface area contributed by atoms with Crippen molar-refractivity contribution in [3.63, 3.8) is 0 Å². The zero-order valence-corrected chi connectivity index (χ0v) is 36.6. The van der Waals surface area contributed by atoms with E-state index in [2.05, 4.69) is 194 Å². The van der Waals surface area contributed by atoms with Crippen LogP contribution in [0.15, 0.2) is 237 Å². The van der Waals surface area contributed by atoms with E-state index in [0.29, 0.717) is 17.5 Å². The van der Waals surface area contributed by atoms with E-state index in [4.69, 9.17) is 15.0 Å². The van der Waals surface area contributed by atoms with E-state index in [1.807, 2.05) is 60.7 Å². The van der Waals surface area contributed by atoms with Crippen LogP contribution < -0.4 is 0 Å². The fourth-order valence-electron chi connectivity index (χ4n) is 10.5. The number of aromatic nitrogens is 7. The van der Waals surface area contributed by atoms with Crippen LogP contribution in [0, 0.1) is 0 Å². The summed E-state index contributed by atoms with van der Waals surface area (Å²) in [6.45, 7) is 0. The number of rotatable bonds is 7. The van der Waals surface area contributed by atoms with Crippen LogP contribution in [0.3, 0.4) is 0 Å². The molecule has 0 atom stereocenters. The molecular formula is C61H39N7. The van der Waals surface area contributed by atoms with Gasteiger partial charge in [0.25, 0.3) is 0 Å². The molecule has 7 heteroatoms. The van der Waals surface area contributed by atoms with Crippen molar-refractivity contribution in [1.82, 2.24) is 32.9 Å². The smallest absolute Gasteiger partial charge is 0.164 e. The zero-order chi connectivity index (χ0) is 44.7. The predicted octanol–water partition coefficient (Wildman–Crippen LogP) is 14.9. The lowest BCUT2D eigenvalue weighted by Gasteiger charge is -2.14. The van der Waals surface area contributed by atoms with Gasteiger partial charge in [0.15, 0.2) is 17.5 Å². The van der Waals surface area contributed by atoms with Gasteiger partial charge in [0, 0.05) is 73.1 Å². The lowest BCUT2D eigenvalue weighted by Crippen LogP contribution is -2.01. The van der Waals surface area contributed by atoms with Crippen LogP contribution in [0.2, 0.25) is 0 Å². The molecule has 14 rings (SSSR count). The number of hydrogen-bond donors (Lipinski definition) is 0. The van der Waals surface area contributed by atoms with Gasteiger partial charge in [-0.05, 0) is 60.7 Å². The minimum absolute atomic E-state index is 0.609. The molecule has 7 nitrogen and oxygen atoms in total. The second-order valence-electron chi connectivity index (χ2n) is 17.3. The highest BCUT2D eigenvalue weighted by Crippen LogP contribution is 2.46. The van der Waals surface area contributed by atoms with Gasteiger partial charge < -0.3 is 17.9 Å². The molecule has 0 aliphatic heterocycles. The molecule has 0 aliphatic rings. The maximum atomic E-state index is 5.14. The fourth-order valence-corrected chi connectivity index (χ4v) is 10.5. The molecule has 0 N–H and O–H groups in total. The van der Waals surface area contributed by atoms with Gasteiger partial charge in [0.05, 0.1) is 44.5 Å². The van der Waals surface area contributed by atoms with Crippen molar-refractivity contribution >= 4 is 54.6 Å². The normalized spacial score (nSPS) is 11.8. The molecule has 68 heavy (non-hydrogen) atoms. The second kappa shape index (κ2) is 15.1. The summed E-state index contributed by atoms with van der Waals surface area (Å²) in [5.74, 6) is 1.87. The largest absolute Gasteiger partial charge is 0.314 e. The third-order valence-electron chi connectivity index (χ3n) is 13.4. The first-order chi connectivity index (χ1) is 33.8. The highest BCUT2D eigenvalue weighted by Gasteiger charge is 2.26. The monoisotopic (exact) mass is 869 g/mol. The first kappa shape index (κ1) is 38.0. The van der Waals surface area contributed by atoms with Gasteiger partial charge in [-0.2, -0.15) is 0 Å². The van der Waals surface area contributed by atoms with E-state index < -0.39 is 0 Å². The Hall–Kier alpha value is -9.33. The quantitative estimate of drug-likeness (QED) is 0.160. The Kier molecular flexibility index (Phi) is 8.45. The lowest BCUT2D eigenvalue weighted by molar-refractivity contribution is 1.07. The summed E-state index contributed by atoms with van der Waals surface area (Å²) in [6, 6.07) is 79.4. The van der Waals surface area contributed by atoms with Crippen molar-refractivity contribution in [3.05, 3.63) is 237 Å². The molecule has 7 aromatic heterocycles. The summed E-state index contributed by atoms with van der Waals surface area (Å²) in [6.07, 6.45) is 4.38. The molecule has 7 aromatic carbocycles. The van der Waals surface area contributed by atoms with Crippen molar-refractivity contribution in [2.75, 3.05) is 0 Å². The number of pyridine rings is 2. The van der Waals surface area contributed by atoms with Crippen LogP contribution in [0.4, 0.5) is 0 Å². The first-order valence-corrected chi connectivity index (χ1v) is 23.0. The van der Waals surface area contributed by atoms with E-state index in [-0.39, 0.29) is 0 Å². The van der Waals surface area contributed by atoms with Crippen molar-refractivity contribution in [2.24, 2.45) is 0 Å². The molecule has 0 aliphatic carbocycles. The van der Waals surface area contributed by atoms with Gasteiger partial charge in [-0.1, -0.05) is 164 Å². The van der Waals surface area contributed by atoms with Crippen LogP contribution in [-0.2, 0) is 0 Å². The van der Waals surface area contributed by atoms with Gasteiger partial charge in [0.1, 0.15) is 0 Å². The molecule has 0 fully saturated rings. The molecule has 0 bridgehead atoms. The Balaban J connectivity index is 1.06. The van der Waals surface area contributed by atoms with Crippen molar-refractivity contribution in [3.8, 4) is 68.1 Å². The summed E-state index contributed by atoms with van der Waals surface area (Å²) in [5, 5.41) is 4.80. The van der Waals surface area contributed by atoms with Crippen molar-refractivity contribution in [2.45, 2.75) is 0 Å². The molecule has 7 heterocycles. The Morgan fingerprint density at radius 1 is 0.279 bits per heavy atom. The summed E-state index contributed by atoms with van der Waals surface area (Å²) >= 11 is 0. The minimum Gasteiger partial charge on any atom is -0.314 e. The third kappa shape index (κ3) is 5.76. The topological polar surface area (TPSA) is 57.3 Å². The van der Waals surface area contributed by atoms with Gasteiger partial charge >= 0.3 is 0 Å². The fraction of sp³-hybridized carbons (Fsp3) is 0. The van der Waals surface area contributed by atoms with Crippen LogP contribution in [-0.4, -0.2) is 32.9 Å². The zero-order valence-electron chi connectivity index (χ0n) is 36.6. The molecular weight excluding hydrogens is 831 g/mol. The Morgan fingerprint density at radius 3 is 1.25 bits per heavy atom. The summed E-state index contributed by atoms with van der Waals surface area (Å²) in [4.78, 5) is 15.3. The highest BCUT2D eigenvalue weighted by molar-refractivity contribution is 6.23. The summed E-state index contributed by atoms with van der Waals surface area (Å²) in [7, 11) is 0. The van der Waals surface area contributed by atoms with E-state index in [0.717, 1.165) is 78.0 Å². The predicted molar refractivity (Wildman–Crippen MR) is 278 cm³/mol. The second-order valence-corrected chi connectivity index (χ2v) is 17.3. The minimum atomic E-state index is 0.609. The third-order valence-corrected chi connectivity index (χ3v) is 13.4. The Labute approximate surface area is 390 Å². The average molecular weight is 870 g/mol. The first-order valence-electron chi connectivity index (χ1n) is 23.0. The maximum absolute atomic E-state index is 5.14. The molecule has 14 aromatic rings. The number of para-hydroxylation sites is 1. The van der Waals surface area contributed by atoms with Gasteiger partial charge in [0.2, 0.25) is 0 Å². The summed E-state index contributed by atoms with van der Waals surface area (Å²) in [5.41, 5.74) is 16.3. The number of fused-ring (bicyclic) bond motifs is 10. The Morgan fingerprint density at radius 2 is 0.691 bits per heavy atom. The van der Waals surface area contributed by atoms with Gasteiger partial charge in [-0.15, -0.1) is 0 Å². The Bertz CT molecular complexity index is 4180. The van der Waals surface area contributed by atoms with Crippen molar-refractivity contribution in [1.29, 1.82) is 0 Å². The number of benzene rings is 7. The molecule has 0 spiro atoms. The average Bonchev–Trinajstić information content (AvgIpc) is 4.14. The molecule has 318 valence electrons. The summed E-state index contributed by atoms with van der Waals surface area (Å²) < 4.78 is 9.63. The van der Waals surface area contributed by atoms with Gasteiger partial charge in [-0.25, -0.2) is 15.0 Å². The van der Waals surface area contributed by atoms with Gasteiger partial charge in [-0.3, -0.25) is 0 Å². The molecule has 0 saturated carbocycles. The maximum Gasteiger partial charge on any atom is 0.164 e. The standard InChI is InChI=1S/C61H39N7/c1-5-20-40(21-6-1)55-57-53(51-32-15-17-36-65(51)55)47-30-13-14-31-49(47)68(57)46-34-35-50-48(39-46)54-52-33-16-18-37-66(52)56(41-22-7-2-8-23-41)58(54)67(50)45-29-19-28-44(38-45)61-63-59(42-24-9-3-10-25-42)62-60(64-61)43-26-11-4-12-27-43/h1-39H. The molecule has 0 saturated heterocycles. The number of hydrogen-bond acceptors (Lipinski definition) is 3.